The first-order valence-electron chi connectivity index (χ1n) is 10.3. The minimum atomic E-state index is -0.771. The summed E-state index contributed by atoms with van der Waals surface area (Å²) in [6.45, 7) is 1.86. The molecule has 2 aromatic heterocycles. The Bertz CT molecular complexity index is 1320. The van der Waals surface area contributed by atoms with Crippen LogP contribution in [0.1, 0.15) is 27.6 Å². The number of carbonyl (C=O) groups excluding carboxylic acids is 1. The van der Waals surface area contributed by atoms with Gasteiger partial charge >= 0.3 is 11.7 Å². The Hall–Kier alpha value is -4.00. The third-order valence-corrected chi connectivity index (χ3v) is 5.54. The van der Waals surface area contributed by atoms with Crippen LogP contribution in [0.15, 0.2) is 71.3 Å². The minimum Gasteiger partial charge on any atom is -0.505 e. The van der Waals surface area contributed by atoms with Crippen LogP contribution < -0.4 is 9.88 Å². The normalized spacial score (nSPS) is 14.9. The second-order valence-electron chi connectivity index (χ2n) is 7.84. The van der Waals surface area contributed by atoms with Crippen LogP contribution in [0, 0.1) is 12.7 Å². The molecule has 0 aliphatic carbocycles. The van der Waals surface area contributed by atoms with Crippen LogP contribution in [0.4, 0.5) is 10.2 Å². The van der Waals surface area contributed by atoms with Crippen molar-refractivity contribution < 1.29 is 23.3 Å². The maximum atomic E-state index is 14.6. The monoisotopic (exact) mass is 430 g/mol. The lowest BCUT2D eigenvalue weighted by atomic mass is 10.1. The largest absolute Gasteiger partial charge is 0.505 e. The predicted molar refractivity (Wildman–Crippen MR) is 116 cm³/mol. The molecule has 0 saturated heterocycles. The summed E-state index contributed by atoms with van der Waals surface area (Å²) in [6, 6.07) is 17.3. The van der Waals surface area contributed by atoms with E-state index in [1.807, 2.05) is 49.4 Å². The smallest absolute Gasteiger partial charge is 0.359 e. The lowest BCUT2D eigenvalue weighted by molar-refractivity contribution is -0.552. The number of benzene rings is 2. The van der Waals surface area contributed by atoms with Gasteiger partial charge in [0.1, 0.15) is 29.1 Å². The van der Waals surface area contributed by atoms with Gasteiger partial charge in [0.2, 0.25) is 6.04 Å². The molecule has 1 aliphatic rings. The van der Waals surface area contributed by atoms with Crippen molar-refractivity contribution in [1.29, 1.82) is 0 Å². The topological polar surface area (TPSA) is 79.2 Å². The predicted octanol–water partition coefficient (Wildman–Crippen LogP) is 4.05. The van der Waals surface area contributed by atoms with Crippen LogP contribution in [0.2, 0.25) is 0 Å². The Morgan fingerprint density at radius 1 is 1.12 bits per heavy atom. The first-order chi connectivity index (χ1) is 15.5. The molecule has 2 aromatic carbocycles. The Morgan fingerprint density at radius 3 is 2.69 bits per heavy atom. The molecule has 0 amide bonds. The number of nitrogens with zero attached hydrogens (tertiary/aromatic N) is 2. The molecule has 1 unspecified atom stereocenters. The lowest BCUT2D eigenvalue weighted by Gasteiger charge is -2.08. The van der Waals surface area contributed by atoms with Crippen LogP contribution in [0.3, 0.4) is 0 Å². The molecular weight excluding hydrogens is 409 g/mol. The number of hydrogen-bond donors (Lipinski definition) is 2. The Labute approximate surface area is 184 Å². The summed E-state index contributed by atoms with van der Waals surface area (Å²) in [5.74, 6) is 0.661. The van der Waals surface area contributed by atoms with E-state index in [2.05, 4.69) is 10.3 Å². The third kappa shape index (κ3) is 3.62. The highest BCUT2D eigenvalue weighted by molar-refractivity contribution is 5.82. The number of hydrogen-bond acceptors (Lipinski definition) is 5. The van der Waals surface area contributed by atoms with Crippen molar-refractivity contribution in [2.75, 3.05) is 5.32 Å². The van der Waals surface area contributed by atoms with E-state index in [1.54, 1.807) is 6.07 Å². The number of nitrogens with one attached hydrogen (secondary N) is 1. The van der Waals surface area contributed by atoms with Crippen molar-refractivity contribution >= 4 is 11.7 Å². The van der Waals surface area contributed by atoms with Crippen molar-refractivity contribution in [3.8, 4) is 17.0 Å². The number of carbonyl (C=O) groups is 1. The van der Waals surface area contributed by atoms with Crippen molar-refractivity contribution in [2.24, 2.45) is 0 Å². The van der Waals surface area contributed by atoms with Crippen molar-refractivity contribution in [2.45, 2.75) is 25.8 Å². The summed E-state index contributed by atoms with van der Waals surface area (Å²) >= 11 is 0. The zero-order valence-corrected chi connectivity index (χ0v) is 17.4. The van der Waals surface area contributed by atoms with Crippen LogP contribution >= 0.6 is 0 Å². The molecule has 6 nitrogen and oxygen atoms in total. The van der Waals surface area contributed by atoms with Crippen LogP contribution in [0.5, 0.6) is 5.75 Å². The number of aromatic nitrogens is 2. The summed E-state index contributed by atoms with van der Waals surface area (Å²) in [4.78, 5) is 17.9. The van der Waals surface area contributed by atoms with Gasteiger partial charge < -0.3 is 9.52 Å². The van der Waals surface area contributed by atoms with E-state index in [0.29, 0.717) is 30.1 Å². The fourth-order valence-electron chi connectivity index (χ4n) is 3.97. The SMILES string of the molecule is Cc1ccc(CC2Nc3c(Cc4ccccc4)nc(-c4cccc(O)c4F)c[n+]3C2=O)o1. The number of aryl methyl sites for hydroxylation is 1. The molecule has 7 heteroatoms. The average molecular weight is 430 g/mol. The van der Waals surface area contributed by atoms with E-state index < -0.39 is 17.6 Å². The number of aromatic hydroxyl groups is 1. The number of rotatable bonds is 5. The third-order valence-electron chi connectivity index (χ3n) is 5.54. The number of furan rings is 1. The van der Waals surface area contributed by atoms with Gasteiger partial charge in [-0.2, -0.15) is 4.57 Å². The fraction of sp³-hybridized carbons (Fsp3) is 0.160. The van der Waals surface area contributed by atoms with E-state index in [1.165, 1.54) is 22.9 Å². The number of anilines is 1. The lowest BCUT2D eigenvalue weighted by Crippen LogP contribution is -2.44. The van der Waals surface area contributed by atoms with Gasteiger partial charge in [-0.25, -0.2) is 14.2 Å². The average Bonchev–Trinajstić information content (AvgIpc) is 3.34. The van der Waals surface area contributed by atoms with Gasteiger partial charge in [0, 0.05) is 12.0 Å². The minimum absolute atomic E-state index is 0.132. The zero-order valence-electron chi connectivity index (χ0n) is 17.4. The van der Waals surface area contributed by atoms with Crippen molar-refractivity contribution in [3.63, 3.8) is 0 Å². The Morgan fingerprint density at radius 2 is 1.94 bits per heavy atom. The van der Waals surface area contributed by atoms with Gasteiger partial charge in [-0.15, -0.1) is 0 Å². The van der Waals surface area contributed by atoms with Gasteiger partial charge in [0.05, 0.1) is 6.42 Å². The highest BCUT2D eigenvalue weighted by Gasteiger charge is 2.41. The number of phenols is 1. The summed E-state index contributed by atoms with van der Waals surface area (Å²) in [6.07, 6.45) is 2.36. The molecule has 4 aromatic rings. The molecule has 5 rings (SSSR count). The molecule has 2 N–H and O–H groups in total. The standard InChI is InChI=1S/C25H20FN3O3/c1-15-10-11-17(32-15)13-20-25(31)29-14-21(18-8-5-9-22(30)23(18)26)27-19(24(29)28-20)12-16-6-3-2-4-7-16/h2-11,14,20,30H,12-13H2,1H3/p+1. The van der Waals surface area contributed by atoms with Crippen LogP contribution in [-0.2, 0) is 12.8 Å². The number of fused-ring (bicyclic) bond motifs is 1. The first-order valence-corrected chi connectivity index (χ1v) is 10.3. The Kier molecular flexibility index (Phi) is 4.93. The molecule has 1 aliphatic heterocycles. The molecule has 160 valence electrons. The molecular formula is C25H21FN3O3+. The van der Waals surface area contributed by atoms with Crippen LogP contribution in [-0.4, -0.2) is 22.0 Å². The van der Waals surface area contributed by atoms with Gasteiger partial charge in [-0.05, 0) is 36.8 Å². The highest BCUT2D eigenvalue weighted by Crippen LogP contribution is 2.29. The zero-order chi connectivity index (χ0) is 22.2. The van der Waals surface area contributed by atoms with E-state index >= 15 is 0 Å². The molecule has 32 heavy (non-hydrogen) atoms. The number of phenolic OH excluding ortho intramolecular Hbond substituents is 1. The van der Waals surface area contributed by atoms with E-state index in [0.717, 1.165) is 11.3 Å². The summed E-state index contributed by atoms with van der Waals surface area (Å²) < 4.78 is 21.8. The second kappa shape index (κ2) is 7.92. The maximum absolute atomic E-state index is 14.6. The van der Waals surface area contributed by atoms with E-state index in [-0.39, 0.29) is 17.2 Å². The number of halogens is 1. The maximum Gasteiger partial charge on any atom is 0.359 e. The molecule has 0 spiro atoms. The molecule has 0 radical (unpaired) electrons. The van der Waals surface area contributed by atoms with E-state index in [4.69, 9.17) is 4.42 Å². The fourth-order valence-corrected chi connectivity index (χ4v) is 3.97. The van der Waals surface area contributed by atoms with Gasteiger partial charge in [0.15, 0.2) is 11.6 Å². The second-order valence-corrected chi connectivity index (χ2v) is 7.84. The molecule has 0 bridgehead atoms. The summed E-state index contributed by atoms with van der Waals surface area (Å²) in [7, 11) is 0. The first kappa shape index (κ1) is 19.9. The Balaban J connectivity index is 1.58. The molecule has 0 fully saturated rings. The van der Waals surface area contributed by atoms with Gasteiger partial charge in [0.25, 0.3) is 0 Å². The summed E-state index contributed by atoms with van der Waals surface area (Å²) in [5, 5.41) is 13.1. The van der Waals surface area contributed by atoms with Crippen molar-refractivity contribution in [3.05, 3.63) is 95.5 Å². The molecule has 3 heterocycles. The summed E-state index contributed by atoms with van der Waals surface area (Å²) in [5.41, 5.74) is 2.03. The van der Waals surface area contributed by atoms with Crippen LogP contribution in [0.25, 0.3) is 11.3 Å². The molecule has 0 saturated carbocycles. The van der Waals surface area contributed by atoms with Gasteiger partial charge in [-0.3, -0.25) is 5.32 Å². The van der Waals surface area contributed by atoms with Gasteiger partial charge in [-0.1, -0.05) is 36.4 Å². The van der Waals surface area contributed by atoms with E-state index in [9.17, 15) is 14.3 Å². The molecule has 1 atom stereocenters. The highest BCUT2D eigenvalue weighted by atomic mass is 19.1. The quantitative estimate of drug-likeness (QED) is 0.467. The van der Waals surface area contributed by atoms with Crippen molar-refractivity contribution in [1.82, 2.24) is 4.98 Å².